The second kappa shape index (κ2) is 7.12. The van der Waals surface area contributed by atoms with Crippen LogP contribution in [0.4, 0.5) is 4.39 Å². The summed E-state index contributed by atoms with van der Waals surface area (Å²) in [6, 6.07) is 9.44. The minimum Gasteiger partial charge on any atom is -0.293 e. The molecule has 2 aromatic rings. The zero-order valence-corrected chi connectivity index (χ0v) is 13.6. The van der Waals surface area contributed by atoms with Gasteiger partial charge in [0.15, 0.2) is 5.78 Å². The molecule has 1 aromatic carbocycles. The highest BCUT2D eigenvalue weighted by Gasteiger charge is 2.19. The van der Waals surface area contributed by atoms with Crippen molar-refractivity contribution in [2.45, 2.75) is 4.83 Å². The zero-order chi connectivity index (χ0) is 13.1. The minimum absolute atomic E-state index is 0. The monoisotopic (exact) mass is 407 g/mol. The Labute approximate surface area is 133 Å². The van der Waals surface area contributed by atoms with Gasteiger partial charge < -0.3 is 0 Å². The van der Waals surface area contributed by atoms with Crippen molar-refractivity contribution in [1.29, 1.82) is 0 Å². The Morgan fingerprint density at radius 3 is 2.68 bits per heavy atom. The van der Waals surface area contributed by atoms with Crippen LogP contribution in [0.25, 0.3) is 0 Å². The van der Waals surface area contributed by atoms with E-state index in [1.807, 2.05) is 0 Å². The third-order valence-electron chi connectivity index (χ3n) is 2.38. The number of Topliss-reactive ketones (excluding diaryl/α,β-unsaturated/α-hetero) is 1. The Hall–Kier alpha value is -0.780. The van der Waals surface area contributed by atoms with Crippen molar-refractivity contribution in [2.24, 2.45) is 0 Å². The molecule has 0 bridgehead atoms. The number of rotatable bonds is 3. The average Bonchev–Trinajstić information content (AvgIpc) is 2.37. The lowest BCUT2D eigenvalue weighted by atomic mass is 10.0. The van der Waals surface area contributed by atoms with Gasteiger partial charge in [-0.05, 0) is 29.8 Å². The van der Waals surface area contributed by atoms with Crippen LogP contribution in [0.2, 0.25) is 5.02 Å². The first kappa shape index (κ1) is 16.3. The van der Waals surface area contributed by atoms with Crippen LogP contribution in [-0.2, 0) is 0 Å². The van der Waals surface area contributed by atoms with Crippen LogP contribution in [0.15, 0.2) is 42.6 Å². The number of carbonyl (C=O) groups excluding carboxylic acids is 1. The molecular formula is C13H9Br2ClFNO. The Morgan fingerprint density at radius 2 is 2.05 bits per heavy atom. The molecule has 0 spiro atoms. The number of ketones is 1. The lowest BCUT2D eigenvalue weighted by Gasteiger charge is -2.09. The van der Waals surface area contributed by atoms with E-state index in [9.17, 15) is 9.18 Å². The molecule has 0 aliphatic rings. The fourth-order valence-corrected chi connectivity index (χ4v) is 2.25. The molecule has 1 unspecified atom stereocenters. The maximum absolute atomic E-state index is 13.0. The number of hydrogen-bond donors (Lipinski definition) is 0. The highest BCUT2D eigenvalue weighted by molar-refractivity contribution is 9.09. The number of alkyl halides is 1. The fourth-order valence-electron chi connectivity index (χ4n) is 1.51. The Morgan fingerprint density at radius 1 is 1.32 bits per heavy atom. The third kappa shape index (κ3) is 4.09. The molecule has 0 fully saturated rings. The van der Waals surface area contributed by atoms with Crippen molar-refractivity contribution in [3.8, 4) is 0 Å². The molecule has 0 amide bonds. The summed E-state index contributed by atoms with van der Waals surface area (Å²) in [5.74, 6) is -0.793. The highest BCUT2D eigenvalue weighted by atomic mass is 79.9. The van der Waals surface area contributed by atoms with E-state index in [0.717, 1.165) is 0 Å². The lowest BCUT2D eigenvalue weighted by Crippen LogP contribution is -2.07. The molecule has 100 valence electrons. The first-order chi connectivity index (χ1) is 8.58. The van der Waals surface area contributed by atoms with Gasteiger partial charge in [-0.1, -0.05) is 39.7 Å². The van der Waals surface area contributed by atoms with Crippen LogP contribution in [-0.4, -0.2) is 10.8 Å². The minimum atomic E-state index is -0.617. The molecule has 1 heterocycles. The maximum atomic E-state index is 13.0. The first-order valence-electron chi connectivity index (χ1n) is 5.13. The van der Waals surface area contributed by atoms with Crippen LogP contribution in [0.5, 0.6) is 0 Å². The number of carbonyl (C=O) groups is 1. The molecule has 0 saturated heterocycles. The van der Waals surface area contributed by atoms with Crippen LogP contribution in [0, 0.1) is 5.95 Å². The Kier molecular flexibility index (Phi) is 6.10. The molecule has 6 heteroatoms. The number of aromatic nitrogens is 1. The zero-order valence-electron chi connectivity index (χ0n) is 9.52. The standard InChI is InChI=1S/C13H8BrClFNO.BrH/c14-12(8-4-5-17-11(16)7-8)13(18)9-2-1-3-10(15)6-9;/h1-7,12H;1H. The van der Waals surface area contributed by atoms with Crippen molar-refractivity contribution in [3.63, 3.8) is 0 Å². The van der Waals surface area contributed by atoms with Crippen molar-refractivity contribution in [1.82, 2.24) is 4.98 Å². The lowest BCUT2D eigenvalue weighted by molar-refractivity contribution is 0.0991. The summed E-state index contributed by atoms with van der Waals surface area (Å²) in [7, 11) is 0. The largest absolute Gasteiger partial charge is 0.293 e. The van der Waals surface area contributed by atoms with Gasteiger partial charge in [0, 0.05) is 16.8 Å². The summed E-state index contributed by atoms with van der Waals surface area (Å²) in [6.07, 6.45) is 1.32. The molecule has 1 aromatic heterocycles. The average molecular weight is 409 g/mol. The molecule has 0 aliphatic heterocycles. The van der Waals surface area contributed by atoms with E-state index in [2.05, 4.69) is 20.9 Å². The van der Waals surface area contributed by atoms with Gasteiger partial charge in [0.1, 0.15) is 4.83 Å². The molecule has 2 nitrogen and oxygen atoms in total. The molecule has 0 radical (unpaired) electrons. The summed E-state index contributed by atoms with van der Waals surface area (Å²) >= 11 is 9.09. The quantitative estimate of drug-likeness (QED) is 0.415. The highest BCUT2D eigenvalue weighted by Crippen LogP contribution is 2.27. The van der Waals surface area contributed by atoms with E-state index in [0.29, 0.717) is 16.1 Å². The fraction of sp³-hybridized carbons (Fsp3) is 0.0769. The second-order valence-electron chi connectivity index (χ2n) is 3.65. The topological polar surface area (TPSA) is 30.0 Å². The van der Waals surface area contributed by atoms with Crippen LogP contribution >= 0.6 is 44.5 Å². The summed E-state index contributed by atoms with van der Waals surface area (Å²) < 4.78 is 13.0. The number of pyridine rings is 1. The van der Waals surface area contributed by atoms with Gasteiger partial charge in [-0.15, -0.1) is 17.0 Å². The van der Waals surface area contributed by atoms with Crippen LogP contribution < -0.4 is 0 Å². The van der Waals surface area contributed by atoms with Crippen LogP contribution in [0.1, 0.15) is 20.7 Å². The number of benzene rings is 1. The Balaban J connectivity index is 0.00000180. The molecule has 0 aliphatic carbocycles. The Bertz CT molecular complexity index is 594. The first-order valence-corrected chi connectivity index (χ1v) is 6.42. The predicted molar refractivity (Wildman–Crippen MR) is 82.0 cm³/mol. The second-order valence-corrected chi connectivity index (χ2v) is 5.00. The predicted octanol–water partition coefficient (Wildman–Crippen LogP) is 4.77. The summed E-state index contributed by atoms with van der Waals surface area (Å²) in [5, 5.41) is 0.487. The summed E-state index contributed by atoms with van der Waals surface area (Å²) in [6.45, 7) is 0. The number of hydrogen-bond acceptors (Lipinski definition) is 2. The molecular weight excluding hydrogens is 400 g/mol. The maximum Gasteiger partial charge on any atom is 0.213 e. The molecule has 0 saturated carbocycles. The van der Waals surface area contributed by atoms with E-state index in [1.165, 1.54) is 12.3 Å². The van der Waals surface area contributed by atoms with Gasteiger partial charge in [0.25, 0.3) is 0 Å². The van der Waals surface area contributed by atoms with Crippen molar-refractivity contribution in [3.05, 3.63) is 64.7 Å². The van der Waals surface area contributed by atoms with Gasteiger partial charge in [-0.2, -0.15) is 4.39 Å². The number of halogens is 4. The molecule has 0 N–H and O–H groups in total. The van der Waals surface area contributed by atoms with Crippen LogP contribution in [0.3, 0.4) is 0 Å². The van der Waals surface area contributed by atoms with Gasteiger partial charge in [0.05, 0.1) is 0 Å². The van der Waals surface area contributed by atoms with Crippen molar-refractivity contribution in [2.75, 3.05) is 0 Å². The van der Waals surface area contributed by atoms with Gasteiger partial charge in [-0.3, -0.25) is 4.79 Å². The van der Waals surface area contributed by atoms with E-state index >= 15 is 0 Å². The van der Waals surface area contributed by atoms with E-state index in [-0.39, 0.29) is 22.8 Å². The van der Waals surface area contributed by atoms with E-state index in [4.69, 9.17) is 11.6 Å². The SMILES string of the molecule is Br.O=C(c1cccc(Cl)c1)C(Br)c1ccnc(F)c1. The van der Waals surface area contributed by atoms with Gasteiger partial charge in [-0.25, -0.2) is 4.98 Å². The van der Waals surface area contributed by atoms with E-state index in [1.54, 1.807) is 30.3 Å². The summed E-state index contributed by atoms with van der Waals surface area (Å²) in [4.78, 5) is 15.0. The number of nitrogens with zero attached hydrogens (tertiary/aromatic N) is 1. The van der Waals surface area contributed by atoms with Crippen molar-refractivity contribution < 1.29 is 9.18 Å². The summed E-state index contributed by atoms with van der Waals surface area (Å²) in [5.41, 5.74) is 0.995. The normalized spacial score (nSPS) is 11.5. The third-order valence-corrected chi connectivity index (χ3v) is 3.56. The van der Waals surface area contributed by atoms with E-state index < -0.39 is 10.8 Å². The molecule has 2 rings (SSSR count). The smallest absolute Gasteiger partial charge is 0.213 e. The molecule has 19 heavy (non-hydrogen) atoms. The van der Waals surface area contributed by atoms with Gasteiger partial charge in [0.2, 0.25) is 5.95 Å². The van der Waals surface area contributed by atoms with Gasteiger partial charge >= 0.3 is 0 Å². The molecule has 1 atom stereocenters. The van der Waals surface area contributed by atoms with Crippen molar-refractivity contribution >= 4 is 50.3 Å².